The third-order valence-corrected chi connectivity index (χ3v) is 16.4. The average Bonchev–Trinajstić information content (AvgIpc) is 1.84. The topological polar surface area (TPSA) is 82.1 Å². The second-order valence-corrected chi connectivity index (χ2v) is 21.5. The Bertz CT molecular complexity index is 5550. The van der Waals surface area contributed by atoms with Crippen LogP contribution in [0.1, 0.15) is 0 Å². The number of aromatic nitrogens is 8. The van der Waals surface area contributed by atoms with E-state index in [1.54, 1.807) is 0 Å². The molecule has 0 aliphatic rings. The van der Waals surface area contributed by atoms with Crippen molar-refractivity contribution in [3.8, 4) is 39.8 Å². The van der Waals surface area contributed by atoms with Crippen LogP contribution in [0, 0.1) is 0 Å². The summed E-state index contributed by atoms with van der Waals surface area (Å²) in [6.07, 6.45) is 0. The van der Waals surface area contributed by atoms with Gasteiger partial charge in [0, 0.05) is 81.9 Å². The van der Waals surface area contributed by atoms with Crippen molar-refractivity contribution in [2.24, 2.45) is 0 Å². The van der Waals surface area contributed by atoms with Gasteiger partial charge in [-0.2, -0.15) is 0 Å². The summed E-state index contributed by atoms with van der Waals surface area (Å²) in [5, 5.41) is 12.2. The molecule has 1 N–H and O–H groups in total. The molecule has 0 fully saturated rings. The first-order valence-corrected chi connectivity index (χ1v) is 28.8. The molecule has 0 unspecified atom stereocenters. The van der Waals surface area contributed by atoms with E-state index in [9.17, 15) is 0 Å². The Morgan fingerprint density at radius 1 is 0.282 bits per heavy atom. The lowest BCUT2D eigenvalue weighted by Gasteiger charge is -2.12. The zero-order valence-corrected chi connectivity index (χ0v) is 46.5. The van der Waals surface area contributed by atoms with Crippen molar-refractivity contribution >= 4 is 121 Å². The molecule has 0 aliphatic heterocycles. The van der Waals surface area contributed by atoms with Gasteiger partial charge in [0.15, 0.2) is 0 Å². The molecule has 0 radical (unpaired) electrons. The number of H-pyrrole nitrogens is 1. The van der Waals surface area contributed by atoms with Crippen LogP contribution in [0.2, 0.25) is 5.28 Å². The first kappa shape index (κ1) is 49.6. The van der Waals surface area contributed by atoms with Gasteiger partial charge in [-0.3, -0.25) is 4.57 Å². The SMILES string of the molecule is Clc1nc(-c2ccccc2)c2ccccc2n1.c1ccc(-c2nc(-n3c4ccccc4c4ccc5c(c6ccccc6n5-c5ccccc5)c43)nc3ccccc23)cc1.c1ccc(-n2c3ccccc3c3c4[nH]c5ccccc5c4ccc32)cc1. The van der Waals surface area contributed by atoms with Gasteiger partial charge in [0.25, 0.3) is 0 Å². The number of para-hydroxylation sites is 8. The molecule has 6 aromatic heterocycles. The normalized spacial score (nSPS) is 11.6. The Kier molecular flexibility index (Phi) is 12.1. The van der Waals surface area contributed by atoms with Crippen LogP contribution in [0.4, 0.5) is 0 Å². The van der Waals surface area contributed by atoms with Crippen molar-refractivity contribution in [2.45, 2.75) is 0 Å². The van der Waals surface area contributed by atoms with Crippen LogP contribution in [0.3, 0.4) is 0 Å². The summed E-state index contributed by atoms with van der Waals surface area (Å²) in [5.41, 5.74) is 17.5. The Balaban J connectivity index is 0.000000116. The summed E-state index contributed by atoms with van der Waals surface area (Å²) >= 11 is 5.95. The van der Waals surface area contributed by atoms with Crippen molar-refractivity contribution in [3.63, 3.8) is 0 Å². The fourth-order valence-electron chi connectivity index (χ4n) is 12.6. The van der Waals surface area contributed by atoms with Crippen LogP contribution < -0.4 is 0 Å². The predicted octanol–water partition coefficient (Wildman–Crippen LogP) is 19.9. The summed E-state index contributed by atoms with van der Waals surface area (Å²) in [5.74, 6) is 0.669. The number of nitrogens with zero attached hydrogens (tertiary/aromatic N) is 7. The molecule has 0 spiro atoms. The highest BCUT2D eigenvalue weighted by Crippen LogP contribution is 2.43. The first-order valence-electron chi connectivity index (χ1n) is 28.4. The van der Waals surface area contributed by atoms with Gasteiger partial charge in [-0.15, -0.1) is 0 Å². The minimum Gasteiger partial charge on any atom is -0.354 e. The smallest absolute Gasteiger partial charge is 0.235 e. The number of aromatic amines is 1. The summed E-state index contributed by atoms with van der Waals surface area (Å²) in [4.78, 5) is 22.7. The minimum atomic E-state index is 0.280. The highest BCUT2D eigenvalue weighted by molar-refractivity contribution is 6.29. The lowest BCUT2D eigenvalue weighted by molar-refractivity contribution is 1.02. The van der Waals surface area contributed by atoms with Gasteiger partial charge in [0.2, 0.25) is 11.2 Å². The molecule has 6 heterocycles. The van der Waals surface area contributed by atoms with E-state index >= 15 is 0 Å². The molecule has 0 saturated heterocycles. The van der Waals surface area contributed by atoms with Gasteiger partial charge < -0.3 is 14.1 Å². The predicted molar refractivity (Wildman–Crippen MR) is 354 cm³/mol. The second-order valence-electron chi connectivity index (χ2n) is 21.1. The summed E-state index contributed by atoms with van der Waals surface area (Å²) in [7, 11) is 0. The van der Waals surface area contributed by atoms with Gasteiger partial charge in [0.05, 0.1) is 61.0 Å². The number of benzene rings is 12. The lowest BCUT2D eigenvalue weighted by Crippen LogP contribution is -2.03. The molecule has 0 saturated carbocycles. The summed E-state index contributed by atoms with van der Waals surface area (Å²) in [6, 6.07) is 101. The van der Waals surface area contributed by atoms with Crippen LogP contribution >= 0.6 is 11.6 Å². The molecule has 0 amide bonds. The fourth-order valence-corrected chi connectivity index (χ4v) is 12.8. The minimum absolute atomic E-state index is 0.280. The van der Waals surface area contributed by atoms with Crippen LogP contribution in [0.15, 0.2) is 291 Å². The molecular formula is C76H49ClN8. The van der Waals surface area contributed by atoms with Gasteiger partial charge in [-0.1, -0.05) is 218 Å². The molecule has 0 atom stereocenters. The molecule has 0 bridgehead atoms. The second kappa shape index (κ2) is 20.7. The van der Waals surface area contributed by atoms with E-state index in [0.29, 0.717) is 5.95 Å². The van der Waals surface area contributed by atoms with E-state index in [1.807, 2.05) is 66.7 Å². The van der Waals surface area contributed by atoms with Gasteiger partial charge in [-0.05, 0) is 84.4 Å². The standard InChI is InChI=1S/C38H24N4.C24H16N2.C14H9ClN2/c1-3-13-25(14-4-1)36-29-18-7-10-20-31(29)39-38(40-36)42-32-21-11-8-17-27(32)28-23-24-34-35(37(28)42)30-19-9-12-22-33(30)41(34)26-15-5-2-6-16-26;1-2-8-16(9-3-1)26-21-13-7-5-11-19(21)23-22(26)15-14-18-17-10-4-6-12-20(17)25-24(18)23;15-14-16-12-9-5-4-8-11(12)13(17-14)10-6-2-1-3-7-10/h1-24H;1-15,25H;1-9H. The van der Waals surface area contributed by atoms with E-state index in [-0.39, 0.29) is 5.28 Å². The number of rotatable bonds is 5. The van der Waals surface area contributed by atoms with Gasteiger partial charge >= 0.3 is 0 Å². The first-order chi connectivity index (χ1) is 42.1. The van der Waals surface area contributed by atoms with E-state index in [4.69, 9.17) is 21.6 Å². The number of nitrogens with one attached hydrogen (secondary N) is 1. The third kappa shape index (κ3) is 8.37. The van der Waals surface area contributed by atoms with Crippen LogP contribution in [0.5, 0.6) is 0 Å². The van der Waals surface area contributed by atoms with Gasteiger partial charge in [-0.25, -0.2) is 19.9 Å². The maximum Gasteiger partial charge on any atom is 0.235 e. The number of hydrogen-bond donors (Lipinski definition) is 1. The average molecular weight is 1110 g/mol. The Labute approximate surface area is 492 Å². The summed E-state index contributed by atoms with van der Waals surface area (Å²) in [6.45, 7) is 0. The highest BCUT2D eigenvalue weighted by atomic mass is 35.5. The van der Waals surface area contributed by atoms with E-state index in [0.717, 1.165) is 66.6 Å². The number of fused-ring (bicyclic) bond motifs is 16. The van der Waals surface area contributed by atoms with Gasteiger partial charge in [0.1, 0.15) is 0 Å². The zero-order chi connectivity index (χ0) is 56.4. The number of halogens is 1. The lowest BCUT2D eigenvalue weighted by atomic mass is 10.1. The van der Waals surface area contributed by atoms with Crippen molar-refractivity contribution in [2.75, 3.05) is 0 Å². The molecule has 9 heteroatoms. The molecule has 85 heavy (non-hydrogen) atoms. The maximum atomic E-state index is 5.95. The largest absolute Gasteiger partial charge is 0.354 e. The van der Waals surface area contributed by atoms with Crippen molar-refractivity contribution < 1.29 is 0 Å². The van der Waals surface area contributed by atoms with E-state index in [2.05, 4.69) is 253 Å². The van der Waals surface area contributed by atoms with Crippen LogP contribution in [0.25, 0.3) is 149 Å². The van der Waals surface area contributed by atoms with Crippen molar-refractivity contribution in [1.82, 2.24) is 38.6 Å². The van der Waals surface area contributed by atoms with E-state index in [1.165, 1.54) is 76.4 Å². The quantitative estimate of drug-likeness (QED) is 0.174. The Morgan fingerprint density at radius 2 is 0.706 bits per heavy atom. The fraction of sp³-hybridized carbons (Fsp3) is 0. The molecular weight excluding hydrogens is 1060 g/mol. The van der Waals surface area contributed by atoms with Crippen LogP contribution in [-0.2, 0) is 0 Å². The highest BCUT2D eigenvalue weighted by Gasteiger charge is 2.23. The monoisotopic (exact) mass is 1110 g/mol. The van der Waals surface area contributed by atoms with Crippen molar-refractivity contribution in [1.29, 1.82) is 0 Å². The molecule has 18 aromatic rings. The molecule has 8 nitrogen and oxygen atoms in total. The molecule has 400 valence electrons. The van der Waals surface area contributed by atoms with Crippen LogP contribution in [-0.4, -0.2) is 38.6 Å². The third-order valence-electron chi connectivity index (χ3n) is 16.3. The molecule has 12 aromatic carbocycles. The van der Waals surface area contributed by atoms with Crippen molar-refractivity contribution in [3.05, 3.63) is 296 Å². The summed E-state index contributed by atoms with van der Waals surface area (Å²) < 4.78 is 6.99. The Morgan fingerprint density at radius 3 is 1.29 bits per heavy atom. The maximum absolute atomic E-state index is 5.95. The Hall–Kier alpha value is -11.2. The number of hydrogen-bond acceptors (Lipinski definition) is 4. The zero-order valence-electron chi connectivity index (χ0n) is 45.7. The molecule has 0 aliphatic carbocycles. The molecule has 18 rings (SSSR count). The van der Waals surface area contributed by atoms with E-state index < -0.39 is 0 Å².